The standard InChI is InChI=1S/C7H13F3O/c1-5(6(2)11)3-4-7(8,9)10/h5-6,11H,3-4H2,1-2H3. The maximum Gasteiger partial charge on any atom is 0.389 e. The van der Waals surface area contributed by atoms with Crippen LogP contribution in [0, 0.1) is 5.92 Å². The van der Waals surface area contributed by atoms with Gasteiger partial charge in [-0.3, -0.25) is 0 Å². The van der Waals surface area contributed by atoms with Gasteiger partial charge in [-0.2, -0.15) is 13.2 Å². The largest absolute Gasteiger partial charge is 0.393 e. The molecule has 11 heavy (non-hydrogen) atoms. The molecule has 0 amide bonds. The van der Waals surface area contributed by atoms with E-state index >= 15 is 0 Å². The van der Waals surface area contributed by atoms with Gasteiger partial charge in [0.2, 0.25) is 0 Å². The van der Waals surface area contributed by atoms with E-state index in [0.717, 1.165) is 0 Å². The summed E-state index contributed by atoms with van der Waals surface area (Å²) >= 11 is 0. The minimum Gasteiger partial charge on any atom is -0.393 e. The lowest BCUT2D eigenvalue weighted by molar-refractivity contribution is -0.138. The molecule has 0 aromatic rings. The predicted octanol–water partition coefficient (Wildman–Crippen LogP) is 2.35. The highest BCUT2D eigenvalue weighted by atomic mass is 19.4. The number of aliphatic hydroxyl groups is 1. The first-order chi connectivity index (χ1) is 4.83. The van der Waals surface area contributed by atoms with E-state index in [9.17, 15) is 13.2 Å². The number of rotatable bonds is 3. The van der Waals surface area contributed by atoms with Crippen LogP contribution >= 0.6 is 0 Å². The molecule has 0 fully saturated rings. The topological polar surface area (TPSA) is 20.2 Å². The second-order valence-corrected chi connectivity index (χ2v) is 2.87. The molecule has 2 unspecified atom stereocenters. The Kier molecular flexibility index (Phi) is 3.86. The van der Waals surface area contributed by atoms with Gasteiger partial charge in [-0.1, -0.05) is 6.92 Å². The van der Waals surface area contributed by atoms with E-state index < -0.39 is 18.7 Å². The molecule has 0 radical (unpaired) electrons. The monoisotopic (exact) mass is 170 g/mol. The predicted molar refractivity (Wildman–Crippen MR) is 36.1 cm³/mol. The van der Waals surface area contributed by atoms with E-state index in [1.54, 1.807) is 6.92 Å². The third-order valence-corrected chi connectivity index (χ3v) is 1.71. The Labute approximate surface area is 64.2 Å². The molecule has 68 valence electrons. The Morgan fingerprint density at radius 2 is 1.73 bits per heavy atom. The van der Waals surface area contributed by atoms with E-state index in [-0.39, 0.29) is 12.3 Å². The maximum atomic E-state index is 11.6. The van der Waals surface area contributed by atoms with E-state index in [0.29, 0.717) is 0 Å². The van der Waals surface area contributed by atoms with Crippen molar-refractivity contribution in [1.82, 2.24) is 0 Å². The van der Waals surface area contributed by atoms with Gasteiger partial charge in [-0.05, 0) is 19.3 Å². The van der Waals surface area contributed by atoms with E-state index in [1.165, 1.54) is 6.92 Å². The molecular weight excluding hydrogens is 157 g/mol. The van der Waals surface area contributed by atoms with Gasteiger partial charge in [-0.15, -0.1) is 0 Å². The average Bonchev–Trinajstić information content (AvgIpc) is 1.80. The first-order valence-corrected chi connectivity index (χ1v) is 3.57. The first-order valence-electron chi connectivity index (χ1n) is 3.57. The van der Waals surface area contributed by atoms with Crippen LogP contribution in [0.2, 0.25) is 0 Å². The summed E-state index contributed by atoms with van der Waals surface area (Å²) in [5.41, 5.74) is 0. The van der Waals surface area contributed by atoms with Crippen LogP contribution in [0.15, 0.2) is 0 Å². The Hall–Kier alpha value is -0.250. The molecule has 4 heteroatoms. The Morgan fingerprint density at radius 3 is 2.00 bits per heavy atom. The summed E-state index contributed by atoms with van der Waals surface area (Å²) in [6.45, 7) is 3.11. The average molecular weight is 170 g/mol. The van der Waals surface area contributed by atoms with Gasteiger partial charge in [0, 0.05) is 6.42 Å². The zero-order chi connectivity index (χ0) is 9.07. The fourth-order valence-corrected chi connectivity index (χ4v) is 0.633. The lowest BCUT2D eigenvalue weighted by Gasteiger charge is -2.14. The van der Waals surface area contributed by atoms with Crippen LogP contribution in [0.3, 0.4) is 0 Å². The van der Waals surface area contributed by atoms with Crippen molar-refractivity contribution >= 4 is 0 Å². The summed E-state index contributed by atoms with van der Waals surface area (Å²) < 4.78 is 34.8. The van der Waals surface area contributed by atoms with Crippen LogP contribution in [-0.2, 0) is 0 Å². The highest BCUT2D eigenvalue weighted by molar-refractivity contribution is 4.61. The van der Waals surface area contributed by atoms with Crippen molar-refractivity contribution in [3.63, 3.8) is 0 Å². The molecule has 0 heterocycles. The number of alkyl halides is 3. The first kappa shape index (κ1) is 10.8. The third kappa shape index (κ3) is 6.16. The molecule has 0 saturated heterocycles. The third-order valence-electron chi connectivity index (χ3n) is 1.71. The summed E-state index contributed by atoms with van der Waals surface area (Å²) in [6.07, 6.45) is -5.55. The van der Waals surface area contributed by atoms with Crippen molar-refractivity contribution in [3.8, 4) is 0 Å². The molecule has 0 saturated carbocycles. The molecular formula is C7H13F3O. The van der Waals surface area contributed by atoms with Gasteiger partial charge in [0.25, 0.3) is 0 Å². The minimum absolute atomic E-state index is 0.00116. The normalized spacial score (nSPS) is 18.0. The zero-order valence-electron chi connectivity index (χ0n) is 6.65. The highest BCUT2D eigenvalue weighted by Gasteiger charge is 2.28. The van der Waals surface area contributed by atoms with Gasteiger partial charge in [0.15, 0.2) is 0 Å². The molecule has 0 aliphatic rings. The van der Waals surface area contributed by atoms with Crippen molar-refractivity contribution < 1.29 is 18.3 Å². The molecule has 1 nitrogen and oxygen atoms in total. The Bertz CT molecular complexity index is 109. The lowest BCUT2D eigenvalue weighted by atomic mass is 10.0. The van der Waals surface area contributed by atoms with Crippen molar-refractivity contribution in [2.24, 2.45) is 5.92 Å². The smallest absolute Gasteiger partial charge is 0.389 e. The molecule has 1 N–H and O–H groups in total. The summed E-state index contributed by atoms with van der Waals surface area (Å²) in [6, 6.07) is 0. The van der Waals surface area contributed by atoms with Crippen LogP contribution in [-0.4, -0.2) is 17.4 Å². The SMILES string of the molecule is CC(O)C(C)CCC(F)(F)F. The lowest BCUT2D eigenvalue weighted by Crippen LogP contribution is -2.17. The van der Waals surface area contributed by atoms with Crippen molar-refractivity contribution in [2.45, 2.75) is 39.0 Å². The van der Waals surface area contributed by atoms with Crippen LogP contribution in [0.1, 0.15) is 26.7 Å². The summed E-state index contributed by atoms with van der Waals surface area (Å²) in [5, 5.41) is 8.85. The molecule has 0 spiro atoms. The second-order valence-electron chi connectivity index (χ2n) is 2.87. The molecule has 2 atom stereocenters. The Morgan fingerprint density at radius 1 is 1.27 bits per heavy atom. The van der Waals surface area contributed by atoms with E-state index in [4.69, 9.17) is 5.11 Å². The molecule has 0 aliphatic carbocycles. The zero-order valence-corrected chi connectivity index (χ0v) is 6.65. The van der Waals surface area contributed by atoms with Crippen LogP contribution < -0.4 is 0 Å². The summed E-state index contributed by atoms with van der Waals surface area (Å²) in [7, 11) is 0. The van der Waals surface area contributed by atoms with E-state index in [2.05, 4.69) is 0 Å². The highest BCUT2D eigenvalue weighted by Crippen LogP contribution is 2.24. The van der Waals surface area contributed by atoms with Crippen molar-refractivity contribution in [3.05, 3.63) is 0 Å². The van der Waals surface area contributed by atoms with Gasteiger partial charge in [0.1, 0.15) is 0 Å². The molecule has 0 aromatic carbocycles. The van der Waals surface area contributed by atoms with Crippen molar-refractivity contribution in [2.75, 3.05) is 0 Å². The quantitative estimate of drug-likeness (QED) is 0.689. The number of aliphatic hydroxyl groups excluding tert-OH is 1. The maximum absolute atomic E-state index is 11.6. The number of hydrogen-bond donors (Lipinski definition) is 1. The van der Waals surface area contributed by atoms with Gasteiger partial charge < -0.3 is 5.11 Å². The molecule has 0 rings (SSSR count). The van der Waals surface area contributed by atoms with Crippen LogP contribution in [0.25, 0.3) is 0 Å². The van der Waals surface area contributed by atoms with Gasteiger partial charge >= 0.3 is 6.18 Å². The summed E-state index contributed by atoms with van der Waals surface area (Å²) in [5.74, 6) is -0.281. The number of halogens is 3. The van der Waals surface area contributed by atoms with Gasteiger partial charge in [-0.25, -0.2) is 0 Å². The molecule has 0 bridgehead atoms. The van der Waals surface area contributed by atoms with Crippen LogP contribution in [0.5, 0.6) is 0 Å². The van der Waals surface area contributed by atoms with Gasteiger partial charge in [0.05, 0.1) is 6.10 Å². The van der Waals surface area contributed by atoms with E-state index in [1.807, 2.05) is 0 Å². The Balaban J connectivity index is 3.54. The van der Waals surface area contributed by atoms with Crippen molar-refractivity contribution in [1.29, 1.82) is 0 Å². The minimum atomic E-state index is -4.09. The second kappa shape index (κ2) is 3.95. The fraction of sp³-hybridized carbons (Fsp3) is 1.00. The number of hydrogen-bond acceptors (Lipinski definition) is 1. The summed E-state index contributed by atoms with van der Waals surface area (Å²) in [4.78, 5) is 0. The molecule has 0 aromatic heterocycles. The fourth-order valence-electron chi connectivity index (χ4n) is 0.633. The van der Waals surface area contributed by atoms with Crippen LogP contribution in [0.4, 0.5) is 13.2 Å². The molecule has 0 aliphatic heterocycles.